The molecule has 16 heteroatoms. The number of carbonyl (C=O) groups is 6. The minimum Gasteiger partial charge on any atom is -0.469 e. The molecule has 0 saturated heterocycles. The maximum Gasteiger partial charge on any atom is 0.307 e. The number of likely N-dealkylation sites (N-methyl/N-ethyl adjacent to an activating group) is 2. The van der Waals surface area contributed by atoms with Crippen LogP contribution in [0.4, 0.5) is 0 Å². The predicted octanol–water partition coefficient (Wildman–Crippen LogP) is -1.31. The maximum atomic E-state index is 12.0. The van der Waals surface area contributed by atoms with Gasteiger partial charge in [-0.15, -0.1) is 0 Å². The quantitative estimate of drug-likeness (QED) is 0.0802. The molecule has 0 aliphatic carbocycles. The van der Waals surface area contributed by atoms with Crippen molar-refractivity contribution in [3.05, 3.63) is 24.6 Å². The Morgan fingerprint density at radius 3 is 1.64 bits per heavy atom. The summed E-state index contributed by atoms with van der Waals surface area (Å²) in [5.41, 5.74) is 8.78. The van der Waals surface area contributed by atoms with Gasteiger partial charge in [0, 0.05) is 19.5 Å². The van der Waals surface area contributed by atoms with Gasteiger partial charge in [0.1, 0.15) is 17.9 Å². The van der Waals surface area contributed by atoms with Crippen LogP contribution in [0.25, 0.3) is 0 Å². The third-order valence-electron chi connectivity index (χ3n) is 5.24. The van der Waals surface area contributed by atoms with Gasteiger partial charge < -0.3 is 53.2 Å². The summed E-state index contributed by atoms with van der Waals surface area (Å²) < 4.78 is 22.4. The zero-order valence-corrected chi connectivity index (χ0v) is 28.2. The van der Waals surface area contributed by atoms with Gasteiger partial charge in [0.05, 0.1) is 32.7 Å². The number of allylic oxidation sites excluding steroid dienone is 2. The number of nitrogens with one attached hydrogen (secondary N) is 5. The van der Waals surface area contributed by atoms with Crippen molar-refractivity contribution in [2.75, 3.05) is 41.4 Å². The van der Waals surface area contributed by atoms with E-state index in [4.69, 9.17) is 8.56 Å². The number of carbonyl (C=O) groups excluding carboxylic acids is 6. The van der Waals surface area contributed by atoms with Crippen molar-refractivity contribution in [1.29, 1.82) is 0 Å². The van der Waals surface area contributed by atoms with E-state index in [0.29, 0.717) is 0 Å². The first-order chi connectivity index (χ1) is 22.3. The zero-order chi connectivity index (χ0) is 37.2. The minimum atomic E-state index is -0.754. The standard InChI is InChI=1S/C13H24N4O4.C7H13NO3.C6H13N3O.C3H8/c1-4-7-16-10(12(14)19)8-17-13(20)9(15-2)5-6-11(18)21-3;1-5(9)6(8-2)4-7(10)11-3;1-2-3-9-5(4-7)6(8)10;1-3-2/h4,7,9-10,15-16H,5-6,8H2,1-3H3,(H2,14,19)(H,17,20);6,8H,4H2,1-3H3;2-3,5,9H,4,7H2,1H3,(H2,8,10);3H2,1-2H3/t9-,10-;6-;5-;/m000./s1/i/hT2. The Balaban J connectivity index is -0.000000310. The predicted molar refractivity (Wildman–Crippen MR) is 174 cm³/mol. The Bertz CT molecular complexity index is 942. The molecule has 0 saturated carbocycles. The lowest BCUT2D eigenvalue weighted by Gasteiger charge is -2.18. The molecule has 0 heterocycles. The molecule has 0 aliphatic heterocycles. The van der Waals surface area contributed by atoms with Gasteiger partial charge in [-0.1, -0.05) is 32.4 Å². The maximum absolute atomic E-state index is 12.0. The second kappa shape index (κ2) is 32.9. The van der Waals surface area contributed by atoms with Gasteiger partial charge in [-0.25, -0.2) is 0 Å². The second-order valence-electron chi connectivity index (χ2n) is 9.04. The van der Waals surface area contributed by atoms with Crippen LogP contribution in [-0.4, -0.2) is 101 Å². The van der Waals surface area contributed by atoms with Crippen molar-refractivity contribution >= 4 is 35.4 Å². The molecule has 3 amide bonds. The number of esters is 2. The lowest BCUT2D eigenvalue weighted by Crippen LogP contribution is -2.51. The third-order valence-corrected chi connectivity index (χ3v) is 5.24. The van der Waals surface area contributed by atoms with Crippen molar-refractivity contribution in [2.24, 2.45) is 17.2 Å². The number of nitrogens with two attached hydrogens (primary N) is 3. The first-order valence-corrected chi connectivity index (χ1v) is 14.4. The van der Waals surface area contributed by atoms with Crippen LogP contribution in [0.3, 0.4) is 0 Å². The fourth-order valence-corrected chi connectivity index (χ4v) is 2.70. The van der Waals surface area contributed by atoms with Gasteiger partial charge in [-0.2, -0.15) is 0 Å². The van der Waals surface area contributed by atoms with E-state index in [1.54, 1.807) is 57.0 Å². The molecule has 45 heavy (non-hydrogen) atoms. The van der Waals surface area contributed by atoms with E-state index < -0.39 is 42.0 Å². The molecule has 0 unspecified atom stereocenters. The number of Topliss-reactive ketones (excluding diaryl/α,β-unsaturated/α-hetero) is 1. The molecule has 0 aliphatic rings. The van der Waals surface area contributed by atoms with E-state index in [9.17, 15) is 28.8 Å². The number of rotatable bonds is 18. The van der Waals surface area contributed by atoms with E-state index in [2.05, 4.69) is 49.9 Å². The van der Waals surface area contributed by atoms with Gasteiger partial charge in [0.15, 0.2) is 2.82 Å². The van der Waals surface area contributed by atoms with Crippen LogP contribution in [0.2, 0.25) is 2.82 Å². The average molecular weight is 651 g/mol. The molecule has 16 nitrogen and oxygen atoms in total. The Morgan fingerprint density at radius 2 is 1.27 bits per heavy atom. The highest BCUT2D eigenvalue weighted by Gasteiger charge is 2.20. The van der Waals surface area contributed by atoms with E-state index in [1.165, 1.54) is 27.6 Å². The Morgan fingerprint density at radius 1 is 0.800 bits per heavy atom. The summed E-state index contributed by atoms with van der Waals surface area (Å²) in [6, 6.07) is -2.25. The number of methoxy groups -OCH3 is 2. The highest BCUT2D eigenvalue weighted by molar-refractivity contribution is 5.86. The van der Waals surface area contributed by atoms with E-state index in [0.717, 1.165) is 0 Å². The summed E-state index contributed by atoms with van der Waals surface area (Å²) >= 11 is 0. The summed E-state index contributed by atoms with van der Waals surface area (Å²) in [4.78, 5) is 66.8. The molecular weight excluding hydrogens is 588 g/mol. The molecular formula is C29H58N8O8. The normalized spacial score (nSPS) is 13.1. The number of hydrogen-bond donors (Lipinski definition) is 8. The number of ketones is 1. The van der Waals surface area contributed by atoms with Crippen LogP contribution in [0, 0.1) is 0 Å². The van der Waals surface area contributed by atoms with Crippen molar-refractivity contribution < 1.29 is 41.1 Å². The molecule has 0 aromatic carbocycles. The smallest absolute Gasteiger partial charge is 0.307 e. The summed E-state index contributed by atoms with van der Waals surface area (Å²) in [7, 11) is 5.82. The van der Waals surface area contributed by atoms with Gasteiger partial charge in [-0.05, 0) is 53.7 Å². The lowest BCUT2D eigenvalue weighted by molar-refractivity contribution is -0.142. The molecule has 0 bridgehead atoms. The topological polar surface area (TPSA) is 259 Å². The largest absolute Gasteiger partial charge is 0.469 e. The van der Waals surface area contributed by atoms with Crippen LogP contribution < -0.4 is 43.8 Å². The summed E-state index contributed by atoms with van der Waals surface area (Å²) in [6.45, 7) is 9.47. The van der Waals surface area contributed by atoms with Crippen molar-refractivity contribution in [1.82, 2.24) is 26.6 Å². The van der Waals surface area contributed by atoms with E-state index >= 15 is 0 Å². The summed E-state index contributed by atoms with van der Waals surface area (Å²) in [5.74, 6) is -2.15. The highest BCUT2D eigenvalue weighted by Crippen LogP contribution is 1.99. The first kappa shape index (κ1) is 43.1. The van der Waals surface area contributed by atoms with Crippen LogP contribution in [-0.2, 0) is 38.2 Å². The molecule has 0 spiro atoms. The molecule has 4 atom stereocenters. The van der Waals surface area contributed by atoms with Crippen molar-refractivity contribution in [2.45, 2.75) is 84.5 Å². The Labute approximate surface area is 270 Å². The fourth-order valence-electron chi connectivity index (χ4n) is 2.70. The highest BCUT2D eigenvalue weighted by atomic mass is 16.5. The fraction of sp³-hybridized carbons (Fsp3) is 0.655. The van der Waals surface area contributed by atoms with E-state index in [-0.39, 0.29) is 50.0 Å². The number of ether oxygens (including phenoxy) is 2. The van der Waals surface area contributed by atoms with Crippen molar-refractivity contribution in [3.63, 3.8) is 0 Å². The molecule has 262 valence electrons. The van der Waals surface area contributed by atoms with Crippen molar-refractivity contribution in [3.8, 4) is 0 Å². The van der Waals surface area contributed by atoms with Crippen LogP contribution in [0.1, 0.15) is 60.3 Å². The van der Waals surface area contributed by atoms with Gasteiger partial charge in [-0.3, -0.25) is 28.8 Å². The Hall–Kier alpha value is -4.02. The molecule has 0 fully saturated rings. The molecule has 0 rings (SSSR count). The number of primary amides is 2. The zero-order valence-electron chi connectivity index (χ0n) is 30.2. The third kappa shape index (κ3) is 29.8. The molecule has 11 N–H and O–H groups in total. The van der Waals surface area contributed by atoms with Gasteiger partial charge >= 0.3 is 11.9 Å². The van der Waals surface area contributed by atoms with Crippen LogP contribution in [0.15, 0.2) is 24.6 Å². The Kier molecular flexibility index (Phi) is 31.5. The van der Waals surface area contributed by atoms with Gasteiger partial charge in [0.25, 0.3) is 0 Å². The first-order valence-electron chi connectivity index (χ1n) is 15.4. The second-order valence-corrected chi connectivity index (χ2v) is 9.04. The molecule has 0 radical (unpaired) electrons. The van der Waals surface area contributed by atoms with E-state index in [1.807, 2.05) is 6.92 Å². The number of amides is 3. The molecule has 0 aromatic rings. The molecule has 0 aromatic heterocycles. The lowest BCUT2D eigenvalue weighted by atomic mass is 10.1. The SMILES string of the molecule is CCC.CN[C@@H](CC(=O)OC)C(C)=O.[3H]NC(=O)[C@H](CN)NC=CC.[3H]NC(=O)[C@H](CNC(=O)[C@H](CCC(=O)OC)NC)NC=CC. The number of hydrogen-bond acceptors (Lipinski definition) is 13. The average Bonchev–Trinajstić information content (AvgIpc) is 3.07. The monoisotopic (exact) mass is 650 g/mol. The van der Waals surface area contributed by atoms with Crippen LogP contribution >= 0.6 is 0 Å². The minimum absolute atomic E-state index is 0.0181. The summed E-state index contributed by atoms with van der Waals surface area (Å²) in [6.07, 6.45) is 8.36. The van der Waals surface area contributed by atoms with Crippen LogP contribution in [0.5, 0.6) is 0 Å². The summed E-state index contributed by atoms with van der Waals surface area (Å²) in [5, 5.41) is 13.6. The van der Waals surface area contributed by atoms with Gasteiger partial charge in [0.2, 0.25) is 17.7 Å².